The molecule has 0 radical (unpaired) electrons. The zero-order valence-electron chi connectivity index (χ0n) is 11.0. The van der Waals surface area contributed by atoms with E-state index in [9.17, 15) is 4.79 Å². The highest BCUT2D eigenvalue weighted by atomic mass is 16.5. The number of nitrogens with zero attached hydrogens (tertiary/aromatic N) is 1. The van der Waals surface area contributed by atoms with E-state index in [2.05, 4.69) is 0 Å². The van der Waals surface area contributed by atoms with Crippen molar-refractivity contribution in [1.29, 1.82) is 0 Å². The number of benzene rings is 1. The minimum absolute atomic E-state index is 0.112. The molecule has 19 heavy (non-hydrogen) atoms. The lowest BCUT2D eigenvalue weighted by atomic mass is 10.1. The number of rotatable bonds is 5. The molecular weight excluding hydrogens is 246 g/mol. The van der Waals surface area contributed by atoms with E-state index >= 15 is 0 Å². The van der Waals surface area contributed by atoms with Crippen molar-refractivity contribution < 1.29 is 19.4 Å². The van der Waals surface area contributed by atoms with Crippen molar-refractivity contribution >= 4 is 5.97 Å². The van der Waals surface area contributed by atoms with Crippen LogP contribution in [0.25, 0.3) is 0 Å². The molecule has 1 aliphatic heterocycles. The number of para-hydroxylation sites is 2. The zero-order valence-corrected chi connectivity index (χ0v) is 11.0. The van der Waals surface area contributed by atoms with E-state index in [4.69, 9.17) is 14.6 Å². The van der Waals surface area contributed by atoms with Crippen LogP contribution in [0.3, 0.4) is 0 Å². The van der Waals surface area contributed by atoms with Crippen molar-refractivity contribution in [3.05, 3.63) is 24.3 Å². The lowest BCUT2D eigenvalue weighted by Crippen LogP contribution is -2.40. The van der Waals surface area contributed by atoms with Crippen LogP contribution in [0.4, 0.5) is 0 Å². The van der Waals surface area contributed by atoms with Crippen LogP contribution < -0.4 is 9.47 Å². The maximum atomic E-state index is 10.6. The topological polar surface area (TPSA) is 59.0 Å². The van der Waals surface area contributed by atoms with Crippen LogP contribution in [0.2, 0.25) is 0 Å². The number of piperidine rings is 1. The lowest BCUT2D eigenvalue weighted by Gasteiger charge is -2.31. The van der Waals surface area contributed by atoms with Crippen LogP contribution >= 0.6 is 0 Å². The average molecular weight is 265 g/mol. The fourth-order valence-electron chi connectivity index (χ4n) is 2.27. The molecule has 1 fully saturated rings. The SMILES string of the molecule is COc1ccccc1OC1CCN(CC(=O)O)CC1. The molecule has 5 nitrogen and oxygen atoms in total. The fourth-order valence-corrected chi connectivity index (χ4v) is 2.27. The third-order valence-electron chi connectivity index (χ3n) is 3.26. The summed E-state index contributed by atoms with van der Waals surface area (Å²) >= 11 is 0. The van der Waals surface area contributed by atoms with Gasteiger partial charge >= 0.3 is 5.97 Å². The Morgan fingerprint density at radius 2 is 1.95 bits per heavy atom. The molecule has 0 bridgehead atoms. The number of methoxy groups -OCH3 is 1. The molecule has 1 heterocycles. The number of likely N-dealkylation sites (tertiary alicyclic amines) is 1. The molecule has 2 rings (SSSR count). The summed E-state index contributed by atoms with van der Waals surface area (Å²) < 4.78 is 11.2. The minimum atomic E-state index is -0.774. The first-order chi connectivity index (χ1) is 9.19. The van der Waals surface area contributed by atoms with Gasteiger partial charge in [0.1, 0.15) is 6.10 Å². The molecule has 104 valence electrons. The molecule has 0 saturated carbocycles. The van der Waals surface area contributed by atoms with Gasteiger partial charge in [0, 0.05) is 13.1 Å². The van der Waals surface area contributed by atoms with E-state index in [1.165, 1.54) is 0 Å². The normalized spacial score (nSPS) is 17.1. The highest BCUT2D eigenvalue weighted by Crippen LogP contribution is 2.28. The monoisotopic (exact) mass is 265 g/mol. The van der Waals surface area contributed by atoms with E-state index < -0.39 is 5.97 Å². The van der Waals surface area contributed by atoms with Gasteiger partial charge < -0.3 is 14.6 Å². The average Bonchev–Trinajstić information content (AvgIpc) is 2.41. The van der Waals surface area contributed by atoms with Gasteiger partial charge in [-0.3, -0.25) is 9.69 Å². The van der Waals surface area contributed by atoms with Gasteiger partial charge in [-0.05, 0) is 25.0 Å². The Bertz CT molecular complexity index is 427. The van der Waals surface area contributed by atoms with Crippen molar-refractivity contribution in [2.75, 3.05) is 26.7 Å². The molecule has 0 aliphatic carbocycles. The van der Waals surface area contributed by atoms with Gasteiger partial charge in [0.15, 0.2) is 11.5 Å². The molecule has 0 spiro atoms. The summed E-state index contributed by atoms with van der Waals surface area (Å²) in [5, 5.41) is 8.75. The number of carboxylic acid groups (broad SMARTS) is 1. The van der Waals surface area contributed by atoms with E-state index in [1.54, 1.807) is 7.11 Å². The van der Waals surface area contributed by atoms with Gasteiger partial charge in [-0.25, -0.2) is 0 Å². The number of hydrogen-bond donors (Lipinski definition) is 1. The van der Waals surface area contributed by atoms with Crippen molar-refractivity contribution in [2.45, 2.75) is 18.9 Å². The van der Waals surface area contributed by atoms with Gasteiger partial charge in [0.25, 0.3) is 0 Å². The molecule has 1 N–H and O–H groups in total. The van der Waals surface area contributed by atoms with Gasteiger partial charge in [-0.15, -0.1) is 0 Å². The molecule has 5 heteroatoms. The highest BCUT2D eigenvalue weighted by molar-refractivity contribution is 5.69. The molecule has 1 saturated heterocycles. The molecule has 1 aliphatic rings. The minimum Gasteiger partial charge on any atom is -0.493 e. The Balaban J connectivity index is 1.87. The third-order valence-corrected chi connectivity index (χ3v) is 3.26. The molecular formula is C14H19NO4. The fraction of sp³-hybridized carbons (Fsp3) is 0.500. The van der Waals surface area contributed by atoms with Gasteiger partial charge in [0.05, 0.1) is 13.7 Å². The molecule has 0 aromatic heterocycles. The van der Waals surface area contributed by atoms with Crippen LogP contribution in [0.15, 0.2) is 24.3 Å². The first kappa shape index (κ1) is 13.7. The first-order valence-electron chi connectivity index (χ1n) is 6.43. The van der Waals surface area contributed by atoms with E-state index in [0.717, 1.165) is 37.4 Å². The number of hydrogen-bond acceptors (Lipinski definition) is 4. The summed E-state index contributed by atoms with van der Waals surface area (Å²) in [5.74, 6) is 0.709. The van der Waals surface area contributed by atoms with Crippen LogP contribution in [0, 0.1) is 0 Å². The van der Waals surface area contributed by atoms with Crippen molar-refractivity contribution in [2.24, 2.45) is 0 Å². The molecule has 0 amide bonds. The van der Waals surface area contributed by atoms with Gasteiger partial charge in [0.2, 0.25) is 0 Å². The predicted octanol–water partition coefficient (Wildman–Crippen LogP) is 1.62. The van der Waals surface area contributed by atoms with Crippen molar-refractivity contribution in [3.63, 3.8) is 0 Å². The second kappa shape index (κ2) is 6.43. The van der Waals surface area contributed by atoms with Gasteiger partial charge in [-0.1, -0.05) is 12.1 Å². The van der Waals surface area contributed by atoms with Crippen LogP contribution in [0.1, 0.15) is 12.8 Å². The maximum Gasteiger partial charge on any atom is 0.317 e. The summed E-state index contributed by atoms with van der Waals surface area (Å²) in [6.07, 6.45) is 1.80. The smallest absolute Gasteiger partial charge is 0.317 e. The van der Waals surface area contributed by atoms with Crippen LogP contribution in [0.5, 0.6) is 11.5 Å². The second-order valence-corrected chi connectivity index (χ2v) is 4.64. The molecule has 1 aromatic carbocycles. The van der Waals surface area contributed by atoms with Crippen LogP contribution in [-0.4, -0.2) is 48.8 Å². The lowest BCUT2D eigenvalue weighted by molar-refractivity contribution is -0.138. The quantitative estimate of drug-likeness (QED) is 0.876. The first-order valence-corrected chi connectivity index (χ1v) is 6.43. The summed E-state index contributed by atoms with van der Waals surface area (Å²) in [6.45, 7) is 1.62. The second-order valence-electron chi connectivity index (χ2n) is 4.64. The third kappa shape index (κ3) is 3.86. The van der Waals surface area contributed by atoms with Gasteiger partial charge in [-0.2, -0.15) is 0 Å². The molecule has 0 unspecified atom stereocenters. The summed E-state index contributed by atoms with van der Waals surface area (Å²) in [6, 6.07) is 7.58. The zero-order chi connectivity index (χ0) is 13.7. The van der Waals surface area contributed by atoms with E-state index in [-0.39, 0.29) is 12.6 Å². The predicted molar refractivity (Wildman–Crippen MR) is 70.7 cm³/mol. The highest BCUT2D eigenvalue weighted by Gasteiger charge is 2.22. The van der Waals surface area contributed by atoms with Crippen molar-refractivity contribution in [3.8, 4) is 11.5 Å². The largest absolute Gasteiger partial charge is 0.493 e. The Morgan fingerprint density at radius 1 is 1.32 bits per heavy atom. The van der Waals surface area contributed by atoms with Crippen molar-refractivity contribution in [1.82, 2.24) is 4.90 Å². The number of carbonyl (C=O) groups is 1. The Labute approximate surface area is 112 Å². The maximum absolute atomic E-state index is 10.6. The molecule has 0 atom stereocenters. The van der Waals surface area contributed by atoms with E-state index in [0.29, 0.717) is 0 Å². The van der Waals surface area contributed by atoms with E-state index in [1.807, 2.05) is 29.2 Å². The summed E-state index contributed by atoms with van der Waals surface area (Å²) in [4.78, 5) is 12.6. The number of ether oxygens (including phenoxy) is 2. The number of aliphatic carboxylic acids is 1. The standard InChI is InChI=1S/C14H19NO4/c1-18-12-4-2-3-5-13(12)19-11-6-8-15(9-7-11)10-14(16)17/h2-5,11H,6-10H2,1H3,(H,16,17). The number of carboxylic acids is 1. The summed E-state index contributed by atoms with van der Waals surface area (Å²) in [5.41, 5.74) is 0. The Kier molecular flexibility index (Phi) is 4.63. The molecule has 1 aromatic rings. The van der Waals surface area contributed by atoms with Crippen LogP contribution in [-0.2, 0) is 4.79 Å². The summed E-state index contributed by atoms with van der Waals surface area (Å²) in [7, 11) is 1.62. The Morgan fingerprint density at radius 3 is 2.53 bits per heavy atom. The Hall–Kier alpha value is -1.75.